The zero-order valence-electron chi connectivity index (χ0n) is 10.5. The molecule has 17 heavy (non-hydrogen) atoms. The van der Waals surface area contributed by atoms with Gasteiger partial charge in [-0.3, -0.25) is 4.79 Å². The van der Waals surface area contributed by atoms with E-state index in [9.17, 15) is 4.79 Å². The van der Waals surface area contributed by atoms with Crippen molar-refractivity contribution >= 4 is 5.97 Å². The summed E-state index contributed by atoms with van der Waals surface area (Å²) in [7, 11) is 0. The highest BCUT2D eigenvalue weighted by Crippen LogP contribution is 2.33. The molecule has 1 aliphatic rings. The zero-order chi connectivity index (χ0) is 12.5. The van der Waals surface area contributed by atoms with Gasteiger partial charge < -0.3 is 9.47 Å². The molecule has 1 fully saturated rings. The number of rotatable bonds is 3. The number of esters is 1. The van der Waals surface area contributed by atoms with Crippen LogP contribution in [0.15, 0.2) is 30.3 Å². The van der Waals surface area contributed by atoms with E-state index in [-0.39, 0.29) is 18.2 Å². The van der Waals surface area contributed by atoms with Crippen LogP contribution in [-0.4, -0.2) is 18.7 Å². The van der Waals surface area contributed by atoms with E-state index in [1.54, 1.807) is 0 Å². The van der Waals surface area contributed by atoms with Crippen LogP contribution in [0.5, 0.6) is 0 Å². The molecule has 0 radical (unpaired) electrons. The van der Waals surface area contributed by atoms with E-state index < -0.39 is 5.41 Å². The second-order valence-corrected chi connectivity index (χ2v) is 5.36. The Morgan fingerprint density at radius 2 is 1.94 bits per heavy atom. The Balaban J connectivity index is 2.12. The molecule has 3 heteroatoms. The lowest BCUT2D eigenvalue weighted by Crippen LogP contribution is -2.26. The minimum absolute atomic E-state index is 0.0173. The minimum Gasteiger partial charge on any atom is -0.454 e. The average molecular weight is 234 g/mol. The third kappa shape index (κ3) is 3.07. The van der Waals surface area contributed by atoms with Crippen molar-refractivity contribution < 1.29 is 14.3 Å². The van der Waals surface area contributed by atoms with E-state index >= 15 is 0 Å². The summed E-state index contributed by atoms with van der Waals surface area (Å²) in [5.41, 5.74) is 0.509. The van der Waals surface area contributed by atoms with Crippen LogP contribution in [0, 0.1) is 5.41 Å². The highest BCUT2D eigenvalue weighted by molar-refractivity contribution is 5.75. The molecule has 1 aliphatic heterocycles. The molecule has 0 spiro atoms. The first-order valence-electron chi connectivity index (χ1n) is 5.86. The summed E-state index contributed by atoms with van der Waals surface area (Å²) in [4.78, 5) is 11.9. The number of ether oxygens (including phenoxy) is 2. The summed E-state index contributed by atoms with van der Waals surface area (Å²) in [5, 5.41) is 0. The quantitative estimate of drug-likeness (QED) is 0.596. The van der Waals surface area contributed by atoms with E-state index in [0.29, 0.717) is 6.61 Å². The number of benzene rings is 1. The molecular weight excluding hydrogens is 216 g/mol. The fraction of sp³-hybridized carbons (Fsp3) is 0.500. The van der Waals surface area contributed by atoms with Crippen LogP contribution in [0.4, 0.5) is 0 Å². The second-order valence-electron chi connectivity index (χ2n) is 5.36. The predicted molar refractivity (Wildman–Crippen MR) is 64.5 cm³/mol. The van der Waals surface area contributed by atoms with Gasteiger partial charge in [0.05, 0.1) is 12.0 Å². The lowest BCUT2D eigenvalue weighted by Gasteiger charge is -2.22. The van der Waals surface area contributed by atoms with Crippen LogP contribution in [-0.2, 0) is 14.3 Å². The number of carbonyl (C=O) groups excluding carboxylic acids is 1. The predicted octanol–water partition coefficient (Wildman–Crippen LogP) is 2.72. The van der Waals surface area contributed by atoms with Crippen molar-refractivity contribution in [2.45, 2.75) is 33.0 Å². The van der Waals surface area contributed by atoms with Crippen LogP contribution < -0.4 is 0 Å². The maximum Gasteiger partial charge on any atom is 0.311 e. The molecule has 2 atom stereocenters. The molecule has 3 nitrogen and oxygen atoms in total. The van der Waals surface area contributed by atoms with Gasteiger partial charge in [-0.05, 0) is 26.3 Å². The summed E-state index contributed by atoms with van der Waals surface area (Å²) in [6.07, 6.45) is -0.258. The number of hydrogen-bond acceptors (Lipinski definition) is 3. The Labute approximate surface area is 102 Å². The fourth-order valence-electron chi connectivity index (χ4n) is 1.52. The molecule has 2 unspecified atom stereocenters. The smallest absolute Gasteiger partial charge is 0.311 e. The van der Waals surface area contributed by atoms with Crippen LogP contribution in [0.1, 0.15) is 32.4 Å². The van der Waals surface area contributed by atoms with Crippen LogP contribution >= 0.6 is 0 Å². The van der Waals surface area contributed by atoms with Crippen molar-refractivity contribution in [2.24, 2.45) is 5.41 Å². The fourth-order valence-corrected chi connectivity index (χ4v) is 1.52. The Morgan fingerprint density at radius 1 is 1.35 bits per heavy atom. The maximum absolute atomic E-state index is 11.9. The third-order valence-electron chi connectivity index (χ3n) is 2.67. The van der Waals surface area contributed by atoms with Gasteiger partial charge in [0, 0.05) is 0 Å². The zero-order valence-corrected chi connectivity index (χ0v) is 10.5. The van der Waals surface area contributed by atoms with Crippen molar-refractivity contribution in [3.8, 4) is 0 Å². The van der Waals surface area contributed by atoms with Gasteiger partial charge in [0.15, 0.2) is 6.10 Å². The average Bonchev–Trinajstić information content (AvgIpc) is 3.09. The summed E-state index contributed by atoms with van der Waals surface area (Å²) in [6.45, 7) is 6.22. The lowest BCUT2D eigenvalue weighted by atomic mass is 9.97. The first kappa shape index (κ1) is 12.1. The molecule has 1 saturated heterocycles. The van der Waals surface area contributed by atoms with Gasteiger partial charge >= 0.3 is 5.97 Å². The third-order valence-corrected chi connectivity index (χ3v) is 2.67. The summed E-state index contributed by atoms with van der Waals surface area (Å²) < 4.78 is 10.8. The Bertz CT molecular complexity index is 388. The van der Waals surface area contributed by atoms with Crippen LogP contribution in [0.2, 0.25) is 0 Å². The van der Waals surface area contributed by atoms with E-state index in [4.69, 9.17) is 9.47 Å². The normalized spacial score (nSPS) is 20.8. The van der Waals surface area contributed by atoms with Gasteiger partial charge in [-0.15, -0.1) is 0 Å². The van der Waals surface area contributed by atoms with Crippen molar-refractivity contribution in [1.82, 2.24) is 0 Å². The van der Waals surface area contributed by atoms with Gasteiger partial charge in [0.1, 0.15) is 6.10 Å². The van der Waals surface area contributed by atoms with Gasteiger partial charge in [-0.25, -0.2) is 0 Å². The topological polar surface area (TPSA) is 38.8 Å². The van der Waals surface area contributed by atoms with E-state index in [1.807, 2.05) is 51.1 Å². The summed E-state index contributed by atoms with van der Waals surface area (Å²) >= 11 is 0. The van der Waals surface area contributed by atoms with Gasteiger partial charge in [-0.1, -0.05) is 30.3 Å². The number of epoxide rings is 1. The van der Waals surface area contributed by atoms with E-state index in [0.717, 1.165) is 5.56 Å². The maximum atomic E-state index is 11.9. The largest absolute Gasteiger partial charge is 0.454 e. The monoisotopic (exact) mass is 234 g/mol. The molecular formula is C14H18O3. The number of hydrogen-bond donors (Lipinski definition) is 0. The Morgan fingerprint density at radius 3 is 2.41 bits per heavy atom. The molecule has 0 aromatic heterocycles. The summed E-state index contributed by atoms with van der Waals surface area (Å²) in [5.74, 6) is -0.193. The standard InChI is InChI=1S/C14H18O3/c1-14(2,3)13(15)17-12(11-9-16-11)10-7-5-4-6-8-10/h4-8,11-12H,9H2,1-3H3. The molecule has 2 rings (SSSR count). The molecule has 1 aromatic rings. The van der Waals surface area contributed by atoms with Crippen molar-refractivity contribution in [3.05, 3.63) is 35.9 Å². The minimum atomic E-state index is -0.484. The van der Waals surface area contributed by atoms with Crippen molar-refractivity contribution in [3.63, 3.8) is 0 Å². The SMILES string of the molecule is CC(C)(C)C(=O)OC(c1ccccc1)C1CO1. The molecule has 1 heterocycles. The second kappa shape index (κ2) is 4.49. The molecule has 0 N–H and O–H groups in total. The first-order valence-corrected chi connectivity index (χ1v) is 5.86. The van der Waals surface area contributed by atoms with Crippen molar-refractivity contribution in [2.75, 3.05) is 6.61 Å². The lowest BCUT2D eigenvalue weighted by molar-refractivity contribution is -0.160. The first-order chi connectivity index (χ1) is 7.98. The Kier molecular flexibility index (Phi) is 3.20. The van der Waals surface area contributed by atoms with Gasteiger partial charge in [-0.2, -0.15) is 0 Å². The molecule has 92 valence electrons. The van der Waals surface area contributed by atoms with Gasteiger partial charge in [0.2, 0.25) is 0 Å². The van der Waals surface area contributed by atoms with E-state index in [1.165, 1.54) is 0 Å². The molecule has 0 saturated carbocycles. The Hall–Kier alpha value is -1.35. The van der Waals surface area contributed by atoms with Crippen LogP contribution in [0.25, 0.3) is 0 Å². The molecule has 0 amide bonds. The number of carbonyl (C=O) groups is 1. The molecule has 0 aliphatic carbocycles. The highest BCUT2D eigenvalue weighted by atomic mass is 16.6. The molecule has 0 bridgehead atoms. The van der Waals surface area contributed by atoms with Gasteiger partial charge in [0.25, 0.3) is 0 Å². The molecule has 1 aromatic carbocycles. The van der Waals surface area contributed by atoms with Crippen molar-refractivity contribution in [1.29, 1.82) is 0 Å². The summed E-state index contributed by atoms with van der Waals surface area (Å²) in [6, 6.07) is 9.75. The highest BCUT2D eigenvalue weighted by Gasteiger charge is 2.38. The van der Waals surface area contributed by atoms with E-state index in [2.05, 4.69) is 0 Å². The van der Waals surface area contributed by atoms with Crippen LogP contribution in [0.3, 0.4) is 0 Å².